The lowest BCUT2D eigenvalue weighted by Gasteiger charge is -2.30. The van der Waals surface area contributed by atoms with Gasteiger partial charge < -0.3 is 20.3 Å². The summed E-state index contributed by atoms with van der Waals surface area (Å²) in [5, 5.41) is 5.90. The van der Waals surface area contributed by atoms with Gasteiger partial charge in [-0.25, -0.2) is 0 Å². The molecule has 0 unspecified atom stereocenters. The molecule has 1 aliphatic rings. The topological polar surface area (TPSA) is 70.7 Å². The second kappa shape index (κ2) is 8.44. The van der Waals surface area contributed by atoms with Gasteiger partial charge in [0, 0.05) is 29.8 Å². The van der Waals surface area contributed by atoms with Crippen LogP contribution in [0.2, 0.25) is 0 Å². The molecule has 0 spiro atoms. The van der Waals surface area contributed by atoms with Gasteiger partial charge in [-0.3, -0.25) is 9.59 Å². The van der Waals surface area contributed by atoms with Crippen LogP contribution in [0.5, 0.6) is 0 Å². The van der Waals surface area contributed by atoms with E-state index in [1.54, 1.807) is 24.3 Å². The minimum absolute atomic E-state index is 0.198. The van der Waals surface area contributed by atoms with Crippen molar-refractivity contribution in [3.63, 3.8) is 0 Å². The minimum atomic E-state index is -0.341. The van der Waals surface area contributed by atoms with E-state index in [0.29, 0.717) is 24.3 Å². The summed E-state index contributed by atoms with van der Waals surface area (Å²) in [6.07, 6.45) is 0. The number of carbonyl (C=O) groups excluding carboxylic acids is 2. The van der Waals surface area contributed by atoms with Gasteiger partial charge in [0.15, 0.2) is 0 Å². The molecule has 28 heavy (non-hydrogen) atoms. The molecule has 0 atom stereocenters. The molecule has 2 aromatic rings. The number of benzene rings is 2. The molecule has 3 rings (SSSR count). The van der Waals surface area contributed by atoms with Crippen LogP contribution >= 0.6 is 0 Å². The molecule has 6 heteroatoms. The maximum Gasteiger partial charge on any atom is 0.255 e. The van der Waals surface area contributed by atoms with E-state index in [9.17, 15) is 9.59 Å². The summed E-state index contributed by atoms with van der Waals surface area (Å²) in [6.45, 7) is 8.68. The van der Waals surface area contributed by atoms with Crippen LogP contribution < -0.4 is 15.5 Å². The van der Waals surface area contributed by atoms with Crippen molar-refractivity contribution in [2.75, 3.05) is 36.5 Å². The number of hydrogen-bond donors (Lipinski definition) is 2. The van der Waals surface area contributed by atoms with Gasteiger partial charge >= 0.3 is 0 Å². The van der Waals surface area contributed by atoms with Crippen molar-refractivity contribution < 1.29 is 14.3 Å². The smallest absolute Gasteiger partial charge is 0.255 e. The number of ether oxygens (including phenoxy) is 1. The Labute approximate surface area is 165 Å². The second-order valence-electron chi connectivity index (χ2n) is 7.86. The van der Waals surface area contributed by atoms with Gasteiger partial charge in [-0.1, -0.05) is 18.2 Å². The Morgan fingerprint density at radius 2 is 1.57 bits per heavy atom. The van der Waals surface area contributed by atoms with Gasteiger partial charge in [0.1, 0.15) is 0 Å². The molecule has 1 saturated heterocycles. The monoisotopic (exact) mass is 381 g/mol. The molecule has 0 bridgehead atoms. The van der Waals surface area contributed by atoms with Crippen molar-refractivity contribution in [3.05, 3.63) is 59.7 Å². The molecule has 148 valence electrons. The fourth-order valence-corrected chi connectivity index (χ4v) is 3.07. The number of carbonyl (C=O) groups is 2. The second-order valence-corrected chi connectivity index (χ2v) is 7.86. The zero-order chi connectivity index (χ0) is 20.1. The Morgan fingerprint density at radius 3 is 2.25 bits per heavy atom. The Balaban J connectivity index is 1.77. The van der Waals surface area contributed by atoms with Gasteiger partial charge in [-0.2, -0.15) is 0 Å². The highest BCUT2D eigenvalue weighted by Gasteiger charge is 2.18. The van der Waals surface area contributed by atoms with Crippen LogP contribution in [-0.4, -0.2) is 43.7 Å². The van der Waals surface area contributed by atoms with Crippen molar-refractivity contribution in [2.24, 2.45) is 0 Å². The lowest BCUT2D eigenvalue weighted by molar-refractivity contribution is 0.0919. The van der Waals surface area contributed by atoms with Crippen LogP contribution in [0.4, 0.5) is 11.4 Å². The van der Waals surface area contributed by atoms with Crippen molar-refractivity contribution in [2.45, 2.75) is 26.3 Å². The molecule has 0 saturated carbocycles. The SMILES string of the molecule is CC(C)(C)NC(=O)c1cccc(C(=O)Nc2ccccc2N2CCOCC2)c1. The van der Waals surface area contributed by atoms with Gasteiger partial charge in [0.25, 0.3) is 11.8 Å². The third kappa shape index (κ3) is 5.10. The first-order chi connectivity index (χ1) is 13.3. The fourth-order valence-electron chi connectivity index (χ4n) is 3.07. The van der Waals surface area contributed by atoms with E-state index in [4.69, 9.17) is 4.74 Å². The highest BCUT2D eigenvalue weighted by atomic mass is 16.5. The largest absolute Gasteiger partial charge is 0.378 e. The van der Waals surface area contributed by atoms with Crippen molar-refractivity contribution in [3.8, 4) is 0 Å². The number of nitrogens with zero attached hydrogens (tertiary/aromatic N) is 1. The number of para-hydroxylation sites is 2. The molecule has 0 radical (unpaired) electrons. The zero-order valence-electron chi connectivity index (χ0n) is 16.6. The normalized spacial score (nSPS) is 14.5. The molecule has 1 aliphatic heterocycles. The van der Waals surface area contributed by atoms with Crippen LogP contribution in [0.15, 0.2) is 48.5 Å². The summed E-state index contributed by atoms with van der Waals surface area (Å²) in [7, 11) is 0. The summed E-state index contributed by atoms with van der Waals surface area (Å²) in [4.78, 5) is 27.4. The minimum Gasteiger partial charge on any atom is -0.378 e. The Bertz CT molecular complexity index is 852. The molecule has 1 heterocycles. The van der Waals surface area contributed by atoms with Crippen LogP contribution in [0.1, 0.15) is 41.5 Å². The molecule has 6 nitrogen and oxygen atoms in total. The van der Waals surface area contributed by atoms with Gasteiger partial charge in [-0.15, -0.1) is 0 Å². The number of rotatable bonds is 4. The maximum atomic E-state index is 12.8. The third-order valence-electron chi connectivity index (χ3n) is 4.38. The molecular weight excluding hydrogens is 354 g/mol. The molecule has 0 aliphatic carbocycles. The first-order valence-electron chi connectivity index (χ1n) is 9.49. The van der Waals surface area contributed by atoms with E-state index in [1.807, 2.05) is 45.0 Å². The molecule has 1 fully saturated rings. The third-order valence-corrected chi connectivity index (χ3v) is 4.38. The number of nitrogens with one attached hydrogen (secondary N) is 2. The average molecular weight is 381 g/mol. The van der Waals surface area contributed by atoms with Gasteiger partial charge in [0.2, 0.25) is 0 Å². The Kier molecular flexibility index (Phi) is 5.99. The summed E-state index contributed by atoms with van der Waals surface area (Å²) in [5.41, 5.74) is 2.29. The lowest BCUT2D eigenvalue weighted by Crippen LogP contribution is -2.40. The summed E-state index contributed by atoms with van der Waals surface area (Å²) < 4.78 is 5.41. The lowest BCUT2D eigenvalue weighted by atomic mass is 10.1. The highest BCUT2D eigenvalue weighted by molar-refractivity contribution is 6.07. The van der Waals surface area contributed by atoms with Crippen LogP contribution in [0, 0.1) is 0 Å². The summed E-state index contributed by atoms with van der Waals surface area (Å²) in [5.74, 6) is -0.443. The quantitative estimate of drug-likeness (QED) is 0.852. The van der Waals surface area contributed by atoms with E-state index in [-0.39, 0.29) is 17.4 Å². The average Bonchev–Trinajstić information content (AvgIpc) is 2.68. The zero-order valence-corrected chi connectivity index (χ0v) is 16.6. The number of hydrogen-bond acceptors (Lipinski definition) is 4. The van der Waals surface area contributed by atoms with Gasteiger partial charge in [-0.05, 0) is 51.1 Å². The molecule has 2 aromatic carbocycles. The first kappa shape index (κ1) is 19.9. The van der Waals surface area contributed by atoms with E-state index >= 15 is 0 Å². The Morgan fingerprint density at radius 1 is 0.929 bits per heavy atom. The molecule has 2 N–H and O–H groups in total. The van der Waals surface area contributed by atoms with Crippen molar-refractivity contribution in [1.29, 1.82) is 0 Å². The standard InChI is InChI=1S/C22H27N3O3/c1-22(2,3)24-21(27)17-8-6-7-16(15-17)20(26)23-18-9-4-5-10-19(18)25-11-13-28-14-12-25/h4-10,15H,11-14H2,1-3H3,(H,23,26)(H,24,27). The van der Waals surface area contributed by atoms with Crippen LogP contribution in [-0.2, 0) is 4.74 Å². The predicted molar refractivity (Wildman–Crippen MR) is 111 cm³/mol. The van der Waals surface area contributed by atoms with E-state index in [0.717, 1.165) is 24.5 Å². The van der Waals surface area contributed by atoms with Crippen LogP contribution in [0.3, 0.4) is 0 Å². The van der Waals surface area contributed by atoms with E-state index in [1.165, 1.54) is 0 Å². The van der Waals surface area contributed by atoms with Gasteiger partial charge in [0.05, 0.1) is 24.6 Å². The summed E-state index contributed by atoms with van der Waals surface area (Å²) in [6, 6.07) is 14.5. The van der Waals surface area contributed by atoms with E-state index in [2.05, 4.69) is 15.5 Å². The molecule has 2 amide bonds. The Hall–Kier alpha value is -2.86. The van der Waals surface area contributed by atoms with E-state index < -0.39 is 0 Å². The maximum absolute atomic E-state index is 12.8. The van der Waals surface area contributed by atoms with Crippen molar-refractivity contribution >= 4 is 23.2 Å². The predicted octanol–water partition coefficient (Wildman–Crippen LogP) is 3.30. The first-order valence-corrected chi connectivity index (χ1v) is 9.49. The number of morpholine rings is 1. The van der Waals surface area contributed by atoms with Crippen molar-refractivity contribution in [1.82, 2.24) is 5.32 Å². The number of amides is 2. The number of anilines is 2. The molecule has 0 aromatic heterocycles. The molecular formula is C22H27N3O3. The highest BCUT2D eigenvalue weighted by Crippen LogP contribution is 2.27. The fraction of sp³-hybridized carbons (Fsp3) is 0.364. The van der Waals surface area contributed by atoms with Crippen LogP contribution in [0.25, 0.3) is 0 Å². The summed E-state index contributed by atoms with van der Waals surface area (Å²) >= 11 is 0.